The minimum atomic E-state index is -0.578. The highest BCUT2D eigenvalue weighted by atomic mass is 19.1. The van der Waals surface area contributed by atoms with Gasteiger partial charge in [-0.15, -0.1) is 0 Å². The molecule has 2 heterocycles. The molecule has 0 radical (unpaired) electrons. The second kappa shape index (κ2) is 14.0. The molecule has 11 heteroatoms. The fourth-order valence-electron chi connectivity index (χ4n) is 3.67. The van der Waals surface area contributed by atoms with Crippen molar-refractivity contribution in [2.75, 3.05) is 64.7 Å². The van der Waals surface area contributed by atoms with Crippen molar-refractivity contribution in [2.45, 2.75) is 6.61 Å². The van der Waals surface area contributed by atoms with Gasteiger partial charge in [0.05, 0.1) is 32.3 Å². The number of nitrogens with one attached hydrogen (secondary N) is 3. The first kappa shape index (κ1) is 27.6. The van der Waals surface area contributed by atoms with Gasteiger partial charge in [-0.25, -0.2) is 14.4 Å². The van der Waals surface area contributed by atoms with Crippen LogP contribution in [0, 0.1) is 5.82 Å². The summed E-state index contributed by atoms with van der Waals surface area (Å²) in [5.41, 5.74) is 2.32. The Balaban J connectivity index is 0.00000121. The van der Waals surface area contributed by atoms with Gasteiger partial charge in [-0.2, -0.15) is 0 Å². The van der Waals surface area contributed by atoms with Crippen LogP contribution in [0.5, 0.6) is 17.2 Å². The van der Waals surface area contributed by atoms with Gasteiger partial charge in [0.15, 0.2) is 17.3 Å². The average Bonchev–Trinajstić information content (AvgIpc) is 2.94. The first-order valence-electron chi connectivity index (χ1n) is 11.8. The number of carbonyl (C=O) groups excluding carboxylic acids is 1. The zero-order valence-corrected chi connectivity index (χ0v) is 21.5. The number of ether oxygens (including phenoxy) is 3. The Morgan fingerprint density at radius 2 is 1.73 bits per heavy atom. The van der Waals surface area contributed by atoms with Gasteiger partial charge in [0.1, 0.15) is 18.6 Å². The van der Waals surface area contributed by atoms with Gasteiger partial charge in [0, 0.05) is 49.1 Å². The molecule has 0 aliphatic carbocycles. The predicted molar refractivity (Wildman–Crippen MR) is 141 cm³/mol. The van der Waals surface area contributed by atoms with Gasteiger partial charge < -0.3 is 35.1 Å². The molecule has 4 rings (SSSR count). The van der Waals surface area contributed by atoms with Crippen LogP contribution in [0.4, 0.5) is 21.7 Å². The molecule has 0 atom stereocenters. The maximum atomic E-state index is 14.4. The van der Waals surface area contributed by atoms with E-state index >= 15 is 0 Å². The van der Waals surface area contributed by atoms with E-state index in [9.17, 15) is 9.18 Å². The molecule has 1 fully saturated rings. The van der Waals surface area contributed by atoms with Crippen molar-refractivity contribution >= 4 is 23.6 Å². The summed E-state index contributed by atoms with van der Waals surface area (Å²) in [6.07, 6.45) is 3.60. The molecule has 1 aromatic heterocycles. The quantitative estimate of drug-likeness (QED) is 0.370. The highest BCUT2D eigenvalue weighted by molar-refractivity contribution is 5.76. The third-order valence-corrected chi connectivity index (χ3v) is 5.41. The molecular formula is C26H33FN6O4. The van der Waals surface area contributed by atoms with Crippen LogP contribution in [0.25, 0.3) is 0 Å². The van der Waals surface area contributed by atoms with Crippen LogP contribution >= 0.6 is 0 Å². The third kappa shape index (κ3) is 7.51. The SMILES string of the molecule is CNC.COc1cc(Nc2ncc(OCc3cc(C=O)cc(OC)c3F)cn2)ccc1N1CCNCC1. The van der Waals surface area contributed by atoms with Crippen molar-refractivity contribution in [2.24, 2.45) is 0 Å². The van der Waals surface area contributed by atoms with Gasteiger partial charge in [-0.05, 0) is 38.4 Å². The second-order valence-corrected chi connectivity index (χ2v) is 8.09. The van der Waals surface area contributed by atoms with E-state index in [2.05, 4.69) is 30.8 Å². The molecule has 3 N–H and O–H groups in total. The lowest BCUT2D eigenvalue weighted by molar-refractivity contribution is 0.112. The first-order valence-corrected chi connectivity index (χ1v) is 11.8. The first-order chi connectivity index (χ1) is 18.0. The van der Waals surface area contributed by atoms with Crippen LogP contribution in [0.15, 0.2) is 42.7 Å². The molecule has 10 nitrogen and oxygen atoms in total. The van der Waals surface area contributed by atoms with E-state index in [-0.39, 0.29) is 17.9 Å². The summed E-state index contributed by atoms with van der Waals surface area (Å²) in [4.78, 5) is 21.9. The normalized spacial score (nSPS) is 12.7. The van der Waals surface area contributed by atoms with Crippen molar-refractivity contribution in [1.82, 2.24) is 20.6 Å². The van der Waals surface area contributed by atoms with Gasteiger partial charge in [0.2, 0.25) is 5.95 Å². The van der Waals surface area contributed by atoms with E-state index in [4.69, 9.17) is 14.2 Å². The minimum Gasteiger partial charge on any atom is -0.495 e. The molecular weight excluding hydrogens is 479 g/mol. The Morgan fingerprint density at radius 1 is 1.05 bits per heavy atom. The standard InChI is InChI=1S/C24H26FN5O4.C2H7N/c1-32-21-11-18(3-4-20(21)30-7-5-26-6-8-30)29-24-27-12-19(13-28-24)34-15-17-9-16(14-31)10-22(33-2)23(17)25;1-3-2/h3-4,9-14,26H,5-8,15H2,1-2H3,(H,27,28,29);3H,1-2H3. The Morgan fingerprint density at radius 3 is 2.35 bits per heavy atom. The lowest BCUT2D eigenvalue weighted by Gasteiger charge is -2.30. The summed E-state index contributed by atoms with van der Waals surface area (Å²) in [5.74, 6) is 0.900. The maximum Gasteiger partial charge on any atom is 0.227 e. The summed E-state index contributed by atoms with van der Waals surface area (Å²) in [6.45, 7) is 3.61. The number of piperazine rings is 1. The van der Waals surface area contributed by atoms with Crippen LogP contribution < -0.4 is 35.1 Å². The highest BCUT2D eigenvalue weighted by Crippen LogP contribution is 2.32. The number of halogens is 1. The van der Waals surface area contributed by atoms with Crippen molar-refractivity contribution in [1.29, 1.82) is 0 Å². The molecule has 198 valence electrons. The second-order valence-electron chi connectivity index (χ2n) is 8.09. The van der Waals surface area contributed by atoms with Crippen molar-refractivity contribution in [3.63, 3.8) is 0 Å². The van der Waals surface area contributed by atoms with E-state index < -0.39 is 5.82 Å². The van der Waals surface area contributed by atoms with E-state index in [1.54, 1.807) is 7.11 Å². The monoisotopic (exact) mass is 512 g/mol. The molecule has 3 aromatic rings. The number of aldehydes is 1. The number of anilines is 3. The number of rotatable bonds is 9. The Kier molecular flexibility index (Phi) is 10.4. The maximum absolute atomic E-state index is 14.4. The minimum absolute atomic E-state index is 0.0163. The largest absolute Gasteiger partial charge is 0.495 e. The molecule has 0 unspecified atom stereocenters. The van der Waals surface area contributed by atoms with Crippen molar-refractivity contribution < 1.29 is 23.4 Å². The smallest absolute Gasteiger partial charge is 0.227 e. The van der Waals surface area contributed by atoms with Crippen LogP contribution in [-0.2, 0) is 6.61 Å². The zero-order valence-electron chi connectivity index (χ0n) is 21.5. The Hall–Kier alpha value is -3.96. The molecule has 37 heavy (non-hydrogen) atoms. The molecule has 0 saturated carbocycles. The summed E-state index contributed by atoms with van der Waals surface area (Å²) in [5, 5.41) is 9.24. The number of nitrogens with zero attached hydrogens (tertiary/aromatic N) is 3. The van der Waals surface area contributed by atoms with E-state index in [0.717, 1.165) is 43.3 Å². The lowest BCUT2D eigenvalue weighted by atomic mass is 10.1. The molecule has 0 spiro atoms. The van der Waals surface area contributed by atoms with Gasteiger partial charge in [0.25, 0.3) is 0 Å². The van der Waals surface area contributed by atoms with Crippen LogP contribution in [-0.4, -0.2) is 70.7 Å². The van der Waals surface area contributed by atoms with E-state index in [1.807, 2.05) is 32.3 Å². The predicted octanol–water partition coefficient (Wildman–Crippen LogP) is 3.01. The van der Waals surface area contributed by atoms with Gasteiger partial charge in [-0.3, -0.25) is 4.79 Å². The van der Waals surface area contributed by atoms with Crippen LogP contribution in [0.1, 0.15) is 15.9 Å². The number of carbonyl (C=O) groups is 1. The van der Waals surface area contributed by atoms with Crippen molar-refractivity contribution in [3.8, 4) is 17.2 Å². The van der Waals surface area contributed by atoms with Crippen LogP contribution in [0.3, 0.4) is 0 Å². The average molecular weight is 513 g/mol. The van der Waals surface area contributed by atoms with Gasteiger partial charge >= 0.3 is 0 Å². The summed E-state index contributed by atoms with van der Waals surface area (Å²) < 4.78 is 30.6. The fraction of sp³-hybridized carbons (Fsp3) is 0.346. The number of methoxy groups -OCH3 is 2. The number of benzene rings is 2. The molecule has 1 saturated heterocycles. The number of hydrogen-bond acceptors (Lipinski definition) is 10. The third-order valence-electron chi connectivity index (χ3n) is 5.41. The molecule has 2 aromatic carbocycles. The Bertz CT molecular complexity index is 1160. The van der Waals surface area contributed by atoms with Gasteiger partial charge in [-0.1, -0.05) is 0 Å². The van der Waals surface area contributed by atoms with Crippen molar-refractivity contribution in [3.05, 3.63) is 59.7 Å². The Labute approximate surface area is 216 Å². The number of hydrogen-bond donors (Lipinski definition) is 3. The summed E-state index contributed by atoms with van der Waals surface area (Å²) in [7, 11) is 6.74. The zero-order chi connectivity index (χ0) is 26.6. The lowest BCUT2D eigenvalue weighted by Crippen LogP contribution is -2.43. The highest BCUT2D eigenvalue weighted by Gasteiger charge is 2.16. The molecule has 0 bridgehead atoms. The number of aromatic nitrogens is 2. The molecule has 1 aliphatic rings. The summed E-state index contributed by atoms with van der Waals surface area (Å²) in [6, 6.07) is 8.62. The van der Waals surface area contributed by atoms with E-state index in [1.165, 1.54) is 31.6 Å². The van der Waals surface area contributed by atoms with Crippen LogP contribution in [0.2, 0.25) is 0 Å². The summed E-state index contributed by atoms with van der Waals surface area (Å²) >= 11 is 0. The molecule has 1 aliphatic heterocycles. The molecule has 0 amide bonds. The van der Waals surface area contributed by atoms with E-state index in [0.29, 0.717) is 23.5 Å². The topological polar surface area (TPSA) is 110 Å². The fourth-order valence-corrected chi connectivity index (χ4v) is 3.67.